The number of hydrogen-bond donors (Lipinski definition) is 1. The van der Waals surface area contributed by atoms with Crippen LogP contribution < -0.4 is 19.5 Å². The highest BCUT2D eigenvalue weighted by Crippen LogP contribution is 2.38. The Labute approximate surface area is 121 Å². The first-order valence-electron chi connectivity index (χ1n) is 6.62. The van der Waals surface area contributed by atoms with Crippen LogP contribution in [0, 0.1) is 0 Å². The highest BCUT2D eigenvalue weighted by Gasteiger charge is 2.15. The van der Waals surface area contributed by atoms with Crippen LogP contribution in [0.25, 0.3) is 0 Å². The maximum absolute atomic E-state index is 5.34. The second-order valence-corrected chi connectivity index (χ2v) is 4.64. The Morgan fingerprint density at radius 3 is 1.90 bits per heavy atom. The number of methoxy groups -OCH3 is 4. The molecule has 20 heavy (non-hydrogen) atoms. The molecule has 0 heterocycles. The number of hydrogen-bond acceptors (Lipinski definition) is 5. The molecule has 0 spiro atoms. The maximum atomic E-state index is 5.34. The third-order valence-corrected chi connectivity index (χ3v) is 3.43. The van der Waals surface area contributed by atoms with Crippen LogP contribution in [0.5, 0.6) is 17.2 Å². The van der Waals surface area contributed by atoms with Gasteiger partial charge in [-0.2, -0.15) is 0 Å². The molecule has 1 aromatic rings. The molecule has 0 radical (unpaired) electrons. The van der Waals surface area contributed by atoms with Gasteiger partial charge in [-0.05, 0) is 31.5 Å². The molecular formula is C15H25NO4. The van der Waals surface area contributed by atoms with Gasteiger partial charge in [-0.1, -0.05) is 0 Å². The van der Waals surface area contributed by atoms with E-state index in [2.05, 4.69) is 12.2 Å². The van der Waals surface area contributed by atoms with Gasteiger partial charge in [-0.3, -0.25) is 0 Å². The third-order valence-electron chi connectivity index (χ3n) is 3.43. The molecule has 0 amide bonds. The van der Waals surface area contributed by atoms with Crippen molar-refractivity contribution in [3.8, 4) is 17.2 Å². The van der Waals surface area contributed by atoms with Crippen LogP contribution in [0.1, 0.15) is 19.4 Å². The molecule has 1 aromatic carbocycles. The first-order chi connectivity index (χ1) is 9.57. The molecule has 2 atom stereocenters. The predicted molar refractivity (Wildman–Crippen MR) is 78.9 cm³/mol. The van der Waals surface area contributed by atoms with Crippen molar-refractivity contribution >= 4 is 0 Å². The van der Waals surface area contributed by atoms with Gasteiger partial charge >= 0.3 is 0 Å². The van der Waals surface area contributed by atoms with E-state index in [0.29, 0.717) is 23.8 Å². The topological polar surface area (TPSA) is 49.0 Å². The highest BCUT2D eigenvalue weighted by molar-refractivity contribution is 5.53. The summed E-state index contributed by atoms with van der Waals surface area (Å²) in [6, 6.07) is 4.14. The zero-order valence-corrected chi connectivity index (χ0v) is 13.1. The van der Waals surface area contributed by atoms with Crippen molar-refractivity contribution in [3.63, 3.8) is 0 Å². The Morgan fingerprint density at radius 2 is 1.50 bits per heavy atom. The quantitative estimate of drug-likeness (QED) is 0.793. The zero-order valence-electron chi connectivity index (χ0n) is 13.1. The van der Waals surface area contributed by atoms with E-state index in [9.17, 15) is 0 Å². The summed E-state index contributed by atoms with van der Waals surface area (Å²) in [5.41, 5.74) is 1.06. The van der Waals surface area contributed by atoms with Crippen LogP contribution >= 0.6 is 0 Å². The smallest absolute Gasteiger partial charge is 0.203 e. The van der Waals surface area contributed by atoms with Crippen LogP contribution in [0.15, 0.2) is 12.1 Å². The van der Waals surface area contributed by atoms with Crippen molar-refractivity contribution in [2.24, 2.45) is 0 Å². The lowest BCUT2D eigenvalue weighted by Gasteiger charge is -2.20. The van der Waals surface area contributed by atoms with Gasteiger partial charge in [-0.25, -0.2) is 0 Å². The molecule has 0 aliphatic rings. The van der Waals surface area contributed by atoms with Crippen molar-refractivity contribution in [3.05, 3.63) is 17.7 Å². The summed E-state index contributed by atoms with van der Waals surface area (Å²) in [6.45, 7) is 4.82. The lowest BCUT2D eigenvalue weighted by Crippen LogP contribution is -2.36. The van der Waals surface area contributed by atoms with E-state index in [1.54, 1.807) is 28.4 Å². The molecule has 0 saturated heterocycles. The monoisotopic (exact) mass is 283 g/mol. The lowest BCUT2D eigenvalue weighted by atomic mass is 10.1. The van der Waals surface area contributed by atoms with Crippen molar-refractivity contribution < 1.29 is 18.9 Å². The number of ether oxygens (including phenoxy) is 4. The van der Waals surface area contributed by atoms with Gasteiger partial charge in [0.15, 0.2) is 11.5 Å². The number of rotatable bonds is 8. The zero-order chi connectivity index (χ0) is 15.1. The predicted octanol–water partition coefficient (Wildman–Crippen LogP) is 2.23. The van der Waals surface area contributed by atoms with E-state index < -0.39 is 0 Å². The van der Waals surface area contributed by atoms with Crippen LogP contribution in [0.4, 0.5) is 0 Å². The minimum Gasteiger partial charge on any atom is -0.493 e. The minimum absolute atomic E-state index is 0.150. The van der Waals surface area contributed by atoms with Crippen molar-refractivity contribution in [1.29, 1.82) is 0 Å². The fraction of sp³-hybridized carbons (Fsp3) is 0.600. The summed E-state index contributed by atoms with van der Waals surface area (Å²) in [5.74, 6) is 1.93. The molecule has 0 saturated carbocycles. The molecule has 0 aromatic heterocycles. The molecule has 0 aliphatic heterocycles. The normalized spacial score (nSPS) is 13.7. The molecule has 1 rings (SSSR count). The largest absolute Gasteiger partial charge is 0.493 e. The lowest BCUT2D eigenvalue weighted by molar-refractivity contribution is 0.0882. The third kappa shape index (κ3) is 4.02. The van der Waals surface area contributed by atoms with Gasteiger partial charge in [0.1, 0.15) is 0 Å². The van der Waals surface area contributed by atoms with E-state index in [4.69, 9.17) is 18.9 Å². The summed E-state index contributed by atoms with van der Waals surface area (Å²) in [4.78, 5) is 0. The molecule has 0 aliphatic carbocycles. The molecule has 5 nitrogen and oxygen atoms in total. The molecule has 0 fully saturated rings. The summed E-state index contributed by atoms with van der Waals surface area (Å²) < 4.78 is 21.3. The SMILES string of the molecule is COc1cc(CNC(C)C(C)OC)cc(OC)c1OC. The van der Waals surface area contributed by atoms with Gasteiger partial charge in [-0.15, -0.1) is 0 Å². The molecule has 5 heteroatoms. The summed E-state index contributed by atoms with van der Waals surface area (Å²) in [7, 11) is 6.54. The minimum atomic E-state index is 0.150. The van der Waals surface area contributed by atoms with E-state index >= 15 is 0 Å². The first-order valence-corrected chi connectivity index (χ1v) is 6.62. The van der Waals surface area contributed by atoms with Gasteiger partial charge in [0.2, 0.25) is 5.75 Å². The first kappa shape index (κ1) is 16.6. The number of nitrogens with one attached hydrogen (secondary N) is 1. The summed E-state index contributed by atoms with van der Waals surface area (Å²) in [5, 5.41) is 3.41. The van der Waals surface area contributed by atoms with Crippen LogP contribution in [-0.2, 0) is 11.3 Å². The fourth-order valence-electron chi connectivity index (χ4n) is 1.89. The van der Waals surface area contributed by atoms with Gasteiger partial charge in [0.25, 0.3) is 0 Å². The Hall–Kier alpha value is -1.46. The van der Waals surface area contributed by atoms with E-state index in [1.165, 1.54) is 0 Å². The molecule has 114 valence electrons. The van der Waals surface area contributed by atoms with Crippen molar-refractivity contribution in [2.75, 3.05) is 28.4 Å². The van der Waals surface area contributed by atoms with Gasteiger partial charge < -0.3 is 24.3 Å². The van der Waals surface area contributed by atoms with Crippen LogP contribution in [0.2, 0.25) is 0 Å². The summed E-state index contributed by atoms with van der Waals surface area (Å²) in [6.07, 6.45) is 0.150. The second-order valence-electron chi connectivity index (χ2n) is 4.64. The Bertz CT molecular complexity index is 397. The van der Waals surface area contributed by atoms with E-state index in [-0.39, 0.29) is 12.1 Å². The van der Waals surface area contributed by atoms with E-state index in [1.807, 2.05) is 19.1 Å². The standard InChI is InChI=1S/C15H25NO4/c1-10(11(2)17-3)16-9-12-7-13(18-4)15(20-6)14(8-12)19-5/h7-8,10-11,16H,9H2,1-6H3. The van der Waals surface area contributed by atoms with Crippen molar-refractivity contribution in [2.45, 2.75) is 32.5 Å². The maximum Gasteiger partial charge on any atom is 0.203 e. The molecule has 1 N–H and O–H groups in total. The summed E-state index contributed by atoms with van der Waals surface area (Å²) >= 11 is 0. The van der Waals surface area contributed by atoms with Crippen LogP contribution in [0.3, 0.4) is 0 Å². The Balaban J connectivity index is 2.86. The molecule has 2 unspecified atom stereocenters. The Kier molecular flexibility index (Phi) is 6.61. The van der Waals surface area contributed by atoms with Crippen LogP contribution in [-0.4, -0.2) is 40.6 Å². The molecule has 0 bridgehead atoms. The highest BCUT2D eigenvalue weighted by atomic mass is 16.5. The number of benzene rings is 1. The van der Waals surface area contributed by atoms with E-state index in [0.717, 1.165) is 5.56 Å². The van der Waals surface area contributed by atoms with Gasteiger partial charge in [0, 0.05) is 19.7 Å². The second kappa shape index (κ2) is 7.97. The molecular weight excluding hydrogens is 258 g/mol. The fourth-order valence-corrected chi connectivity index (χ4v) is 1.89. The Morgan fingerprint density at radius 1 is 0.950 bits per heavy atom. The average Bonchev–Trinajstić information content (AvgIpc) is 2.50. The van der Waals surface area contributed by atoms with Crippen molar-refractivity contribution in [1.82, 2.24) is 5.32 Å². The average molecular weight is 283 g/mol. The van der Waals surface area contributed by atoms with Gasteiger partial charge in [0.05, 0.1) is 27.4 Å².